The summed E-state index contributed by atoms with van der Waals surface area (Å²) in [7, 11) is -4.07. The summed E-state index contributed by atoms with van der Waals surface area (Å²) in [6.45, 7) is 2.76. The van der Waals surface area contributed by atoms with Crippen molar-refractivity contribution in [3.05, 3.63) is 58.4 Å². The van der Waals surface area contributed by atoms with Gasteiger partial charge in [-0.1, -0.05) is 18.5 Å². The molecular weight excluding hydrogens is 583 g/mol. The van der Waals surface area contributed by atoms with Gasteiger partial charge in [-0.05, 0) is 74.6 Å². The summed E-state index contributed by atoms with van der Waals surface area (Å²) >= 11 is 6.29. The Morgan fingerprint density at radius 3 is 2.46 bits per heavy atom. The van der Waals surface area contributed by atoms with E-state index in [1.807, 2.05) is 6.92 Å². The lowest BCUT2D eigenvalue weighted by Crippen LogP contribution is -2.56. The summed E-state index contributed by atoms with van der Waals surface area (Å²) in [6, 6.07) is 4.54. The van der Waals surface area contributed by atoms with Gasteiger partial charge in [-0.2, -0.15) is 0 Å². The predicted octanol–water partition coefficient (Wildman–Crippen LogP) is 3.82. The molecule has 0 radical (unpaired) electrons. The van der Waals surface area contributed by atoms with Crippen molar-refractivity contribution in [2.75, 3.05) is 18.4 Å². The summed E-state index contributed by atoms with van der Waals surface area (Å²) < 4.78 is 68.1. The monoisotopic (exact) mass is 613 g/mol. The average molecular weight is 614 g/mol. The number of halogens is 4. The zero-order chi connectivity index (χ0) is 29.7. The number of carbonyl (C=O) groups excluding carboxylic acids is 2. The Morgan fingerprint density at radius 1 is 1.12 bits per heavy atom. The van der Waals surface area contributed by atoms with Crippen molar-refractivity contribution in [2.24, 2.45) is 17.8 Å². The van der Waals surface area contributed by atoms with Crippen LogP contribution in [-0.2, 0) is 14.6 Å². The van der Waals surface area contributed by atoms with Gasteiger partial charge in [-0.25, -0.2) is 21.6 Å². The fourth-order valence-corrected chi connectivity index (χ4v) is 9.08. The fourth-order valence-electron chi connectivity index (χ4n) is 6.71. The number of hydrogen-bond donors (Lipinski definition) is 4. The quantitative estimate of drug-likeness (QED) is 0.352. The molecule has 0 aromatic heterocycles. The van der Waals surface area contributed by atoms with Crippen LogP contribution >= 0.6 is 11.6 Å². The number of carbonyl (C=O) groups is 2. The van der Waals surface area contributed by atoms with E-state index < -0.39 is 44.0 Å². The standard InChI is InChI=1S/C28H31ClF3N3O5S/c1-14-7-16-9-18(12-19(14)28(16,38)13-34-27(37)23-3-2-6-33-23)41(39,40)24-8-15(4-5-20(24)29)26(36)35-17-10-21(30)25(32)22(31)11-17/h4-5,8,10-11,14,16,18-19,23,33,38H,2-3,6-7,9,12-13H2,1H3,(H,34,37)(H,35,36)/t14-,16?,18?,19?,23-,28+/m0/s1. The average Bonchev–Trinajstić information content (AvgIpc) is 3.48. The van der Waals surface area contributed by atoms with Crippen molar-refractivity contribution >= 4 is 38.9 Å². The second-order valence-corrected chi connectivity index (χ2v) is 14.0. The van der Waals surface area contributed by atoms with Crippen LogP contribution in [0.25, 0.3) is 0 Å². The summed E-state index contributed by atoms with van der Waals surface area (Å²) in [5.41, 5.74) is -1.73. The smallest absolute Gasteiger partial charge is 0.255 e. The van der Waals surface area contributed by atoms with Gasteiger partial charge < -0.3 is 21.1 Å². The van der Waals surface area contributed by atoms with Gasteiger partial charge in [0.05, 0.1) is 26.8 Å². The number of aliphatic hydroxyl groups is 1. The van der Waals surface area contributed by atoms with Crippen LogP contribution in [0.2, 0.25) is 5.02 Å². The van der Waals surface area contributed by atoms with Gasteiger partial charge in [-0.3, -0.25) is 9.59 Å². The van der Waals surface area contributed by atoms with E-state index in [2.05, 4.69) is 16.0 Å². The third-order valence-corrected chi connectivity index (χ3v) is 11.5. The Morgan fingerprint density at radius 2 is 1.83 bits per heavy atom. The minimum atomic E-state index is -4.07. The van der Waals surface area contributed by atoms with Crippen LogP contribution in [0, 0.1) is 35.2 Å². The van der Waals surface area contributed by atoms with Crippen LogP contribution in [0.3, 0.4) is 0 Å². The van der Waals surface area contributed by atoms with E-state index in [-0.39, 0.29) is 70.3 Å². The summed E-state index contributed by atoms with van der Waals surface area (Å²) in [6.07, 6.45) is 2.53. The molecule has 222 valence electrons. The Bertz CT molecular complexity index is 1460. The molecule has 2 aliphatic carbocycles. The minimum Gasteiger partial charge on any atom is -0.387 e. The molecule has 3 unspecified atom stereocenters. The van der Waals surface area contributed by atoms with E-state index in [1.54, 1.807) is 0 Å². The van der Waals surface area contributed by atoms with E-state index >= 15 is 0 Å². The molecule has 4 N–H and O–H groups in total. The highest BCUT2D eigenvalue weighted by Gasteiger charge is 2.58. The first kappa shape index (κ1) is 29.8. The number of anilines is 1. The van der Waals surface area contributed by atoms with Gasteiger partial charge in [0.1, 0.15) is 0 Å². The third-order valence-electron chi connectivity index (χ3n) is 8.86. The molecule has 2 aromatic carbocycles. The Balaban J connectivity index is 1.33. The van der Waals surface area contributed by atoms with Gasteiger partial charge in [0.2, 0.25) is 5.91 Å². The Hall–Kier alpha value is -2.67. The molecular formula is C28H31ClF3N3O5S. The van der Waals surface area contributed by atoms with Crippen molar-refractivity contribution in [3.63, 3.8) is 0 Å². The maximum atomic E-state index is 13.8. The van der Waals surface area contributed by atoms with E-state index in [9.17, 15) is 36.3 Å². The molecule has 41 heavy (non-hydrogen) atoms. The third kappa shape index (κ3) is 5.59. The molecule has 1 heterocycles. The molecule has 5 rings (SSSR count). The number of benzene rings is 2. The first-order chi connectivity index (χ1) is 19.3. The van der Waals surface area contributed by atoms with E-state index in [4.69, 9.17) is 11.6 Å². The lowest BCUT2D eigenvalue weighted by molar-refractivity contribution is -0.126. The molecule has 6 atom stereocenters. The second-order valence-electron chi connectivity index (χ2n) is 11.4. The Labute approximate surface area is 241 Å². The normalized spacial score (nSPS) is 29.4. The molecule has 3 aliphatic rings. The minimum absolute atomic E-state index is 0.0239. The molecule has 2 aromatic rings. The molecule has 2 bridgehead atoms. The number of fused-ring (bicyclic) bond motifs is 2. The molecule has 1 saturated heterocycles. The van der Waals surface area contributed by atoms with Crippen molar-refractivity contribution < 1.29 is 36.3 Å². The van der Waals surface area contributed by atoms with E-state index in [0.29, 0.717) is 18.6 Å². The number of nitrogens with one attached hydrogen (secondary N) is 3. The molecule has 8 nitrogen and oxygen atoms in total. The van der Waals surface area contributed by atoms with Crippen LogP contribution < -0.4 is 16.0 Å². The van der Waals surface area contributed by atoms with Crippen LogP contribution in [0.1, 0.15) is 49.4 Å². The van der Waals surface area contributed by atoms with Crippen LogP contribution in [0.5, 0.6) is 0 Å². The van der Waals surface area contributed by atoms with Crippen molar-refractivity contribution in [2.45, 2.75) is 60.8 Å². The zero-order valence-corrected chi connectivity index (χ0v) is 23.8. The zero-order valence-electron chi connectivity index (χ0n) is 22.2. The van der Waals surface area contributed by atoms with Gasteiger partial charge in [0.25, 0.3) is 5.91 Å². The maximum Gasteiger partial charge on any atom is 0.255 e. The van der Waals surface area contributed by atoms with Crippen LogP contribution in [-0.4, -0.2) is 55.3 Å². The maximum absolute atomic E-state index is 13.8. The molecule has 2 saturated carbocycles. The highest BCUT2D eigenvalue weighted by atomic mass is 35.5. The lowest BCUT2D eigenvalue weighted by atomic mass is 9.73. The van der Waals surface area contributed by atoms with Crippen LogP contribution in [0.15, 0.2) is 35.2 Å². The highest BCUT2D eigenvalue weighted by Crippen LogP contribution is 2.54. The van der Waals surface area contributed by atoms with E-state index in [1.165, 1.54) is 12.1 Å². The summed E-state index contributed by atoms with van der Waals surface area (Å²) in [5.74, 6) is -6.44. The first-order valence-electron chi connectivity index (χ1n) is 13.5. The predicted molar refractivity (Wildman–Crippen MR) is 146 cm³/mol. The van der Waals surface area contributed by atoms with Crippen molar-refractivity contribution in [1.82, 2.24) is 10.6 Å². The molecule has 13 heteroatoms. The number of sulfone groups is 1. The fraction of sp³-hybridized carbons (Fsp3) is 0.500. The molecule has 1 aliphatic heterocycles. The first-order valence-corrected chi connectivity index (χ1v) is 15.5. The summed E-state index contributed by atoms with van der Waals surface area (Å²) in [5, 5.41) is 18.9. The Kier molecular flexibility index (Phi) is 8.14. The van der Waals surface area contributed by atoms with Gasteiger partial charge in [0, 0.05) is 29.9 Å². The van der Waals surface area contributed by atoms with Crippen molar-refractivity contribution in [3.8, 4) is 0 Å². The van der Waals surface area contributed by atoms with Gasteiger partial charge in [-0.15, -0.1) is 0 Å². The summed E-state index contributed by atoms with van der Waals surface area (Å²) in [4.78, 5) is 25.1. The largest absolute Gasteiger partial charge is 0.387 e. The number of amides is 2. The molecule has 2 amide bonds. The second kappa shape index (κ2) is 11.2. The topological polar surface area (TPSA) is 125 Å². The number of rotatable bonds is 7. The molecule has 0 spiro atoms. The highest BCUT2D eigenvalue weighted by molar-refractivity contribution is 7.92. The number of hydrogen-bond acceptors (Lipinski definition) is 6. The van der Waals surface area contributed by atoms with Crippen molar-refractivity contribution in [1.29, 1.82) is 0 Å². The van der Waals surface area contributed by atoms with Gasteiger partial charge in [0.15, 0.2) is 27.3 Å². The van der Waals surface area contributed by atoms with E-state index in [0.717, 1.165) is 25.5 Å². The lowest BCUT2D eigenvalue weighted by Gasteiger charge is -2.43. The van der Waals surface area contributed by atoms with Crippen LogP contribution in [0.4, 0.5) is 18.9 Å². The van der Waals surface area contributed by atoms with Gasteiger partial charge >= 0.3 is 0 Å². The SMILES string of the molecule is C[C@H]1CC2CC(S(=O)(=O)c3cc(C(=O)Nc4cc(F)c(F)c(F)c4)ccc3Cl)CC1[C@@]2(O)CNC(=O)[C@@H]1CCCN1. The molecule has 3 fully saturated rings.